The van der Waals surface area contributed by atoms with E-state index in [1.165, 1.54) is 39.2 Å². The molecule has 0 bridgehead atoms. The van der Waals surface area contributed by atoms with Crippen molar-refractivity contribution in [2.45, 2.75) is 5.16 Å². The van der Waals surface area contributed by atoms with Crippen molar-refractivity contribution in [3.05, 3.63) is 42.2 Å². The zero-order valence-corrected chi connectivity index (χ0v) is 19.9. The molecule has 1 aromatic heterocycles. The zero-order valence-electron chi connectivity index (χ0n) is 19.1. The van der Waals surface area contributed by atoms with Gasteiger partial charge in [-0.05, 0) is 24.3 Å². The number of methoxy groups -OCH3 is 3. The molecular weight excluding hydrogens is 463 g/mol. The van der Waals surface area contributed by atoms with Crippen molar-refractivity contribution in [1.29, 1.82) is 0 Å². The lowest BCUT2D eigenvalue weighted by Crippen LogP contribution is -2.41. The van der Waals surface area contributed by atoms with E-state index in [4.69, 9.17) is 18.9 Å². The molecule has 1 aliphatic rings. The summed E-state index contributed by atoms with van der Waals surface area (Å²) in [6.07, 6.45) is 0. The minimum Gasteiger partial charge on any atom is -0.493 e. The van der Waals surface area contributed by atoms with Crippen LogP contribution in [0.2, 0.25) is 0 Å². The summed E-state index contributed by atoms with van der Waals surface area (Å²) in [6, 6.07) is 9.77. The molecule has 2 aromatic carbocycles. The Balaban J connectivity index is 1.75. The summed E-state index contributed by atoms with van der Waals surface area (Å²) < 4.78 is 38.1. The SMILES string of the molecule is COc1cc(-c2nnc(SCC(=O)N3CCOCC3)n2-c2ccccc2F)cc(OC)c1OC. The van der Waals surface area contributed by atoms with Gasteiger partial charge in [-0.1, -0.05) is 23.9 Å². The number of carbonyl (C=O) groups is 1. The highest BCUT2D eigenvalue weighted by Gasteiger charge is 2.24. The molecule has 1 saturated heterocycles. The van der Waals surface area contributed by atoms with Crippen LogP contribution in [0.25, 0.3) is 17.1 Å². The topological polar surface area (TPSA) is 87.9 Å². The molecule has 0 atom stereocenters. The minimum absolute atomic E-state index is 0.0364. The number of aromatic nitrogens is 3. The Labute approximate surface area is 200 Å². The monoisotopic (exact) mass is 488 g/mol. The van der Waals surface area contributed by atoms with Gasteiger partial charge in [-0.3, -0.25) is 9.36 Å². The summed E-state index contributed by atoms with van der Waals surface area (Å²) in [5.74, 6) is 1.31. The van der Waals surface area contributed by atoms with Gasteiger partial charge in [0.25, 0.3) is 0 Å². The second kappa shape index (κ2) is 10.7. The molecule has 0 aliphatic carbocycles. The quantitative estimate of drug-likeness (QED) is 0.447. The number of hydrogen-bond acceptors (Lipinski definition) is 8. The Hall–Kier alpha value is -3.31. The van der Waals surface area contributed by atoms with Gasteiger partial charge in [-0.15, -0.1) is 10.2 Å². The predicted molar refractivity (Wildman–Crippen MR) is 125 cm³/mol. The average Bonchev–Trinajstić information content (AvgIpc) is 3.30. The van der Waals surface area contributed by atoms with Crippen molar-refractivity contribution in [3.63, 3.8) is 0 Å². The van der Waals surface area contributed by atoms with E-state index >= 15 is 0 Å². The second-order valence-corrected chi connectivity index (χ2v) is 8.23. The number of rotatable bonds is 8. The number of thioether (sulfide) groups is 1. The maximum absolute atomic E-state index is 14.9. The van der Waals surface area contributed by atoms with Crippen molar-refractivity contribution in [1.82, 2.24) is 19.7 Å². The fraction of sp³-hybridized carbons (Fsp3) is 0.348. The van der Waals surface area contributed by atoms with Crippen molar-refractivity contribution < 1.29 is 28.1 Å². The van der Waals surface area contributed by atoms with E-state index in [1.807, 2.05) is 0 Å². The summed E-state index contributed by atoms with van der Waals surface area (Å²) in [5, 5.41) is 9.00. The lowest BCUT2D eigenvalue weighted by molar-refractivity contribution is -0.132. The molecule has 3 aromatic rings. The summed E-state index contributed by atoms with van der Waals surface area (Å²) in [6.45, 7) is 2.15. The average molecular weight is 489 g/mol. The lowest BCUT2D eigenvalue weighted by atomic mass is 10.1. The van der Waals surface area contributed by atoms with Gasteiger partial charge < -0.3 is 23.8 Å². The summed E-state index contributed by atoms with van der Waals surface area (Å²) in [7, 11) is 4.55. The van der Waals surface area contributed by atoms with Crippen molar-refractivity contribution >= 4 is 17.7 Å². The van der Waals surface area contributed by atoms with E-state index in [0.717, 1.165) is 0 Å². The van der Waals surface area contributed by atoms with Crippen molar-refractivity contribution in [2.75, 3.05) is 53.4 Å². The summed E-state index contributed by atoms with van der Waals surface area (Å²) >= 11 is 1.20. The predicted octanol–water partition coefficient (Wildman–Crippen LogP) is 3.05. The molecule has 180 valence electrons. The van der Waals surface area contributed by atoms with Crippen LogP contribution in [0.4, 0.5) is 4.39 Å². The van der Waals surface area contributed by atoms with Crippen LogP contribution in [0.1, 0.15) is 0 Å². The third-order valence-electron chi connectivity index (χ3n) is 5.34. The van der Waals surface area contributed by atoms with Crippen molar-refractivity contribution in [2.24, 2.45) is 0 Å². The van der Waals surface area contributed by atoms with E-state index in [2.05, 4.69) is 10.2 Å². The maximum Gasteiger partial charge on any atom is 0.233 e. The third kappa shape index (κ3) is 4.80. The van der Waals surface area contributed by atoms with Crippen LogP contribution >= 0.6 is 11.8 Å². The molecule has 1 fully saturated rings. The van der Waals surface area contributed by atoms with Crippen LogP contribution in [0, 0.1) is 5.82 Å². The van der Waals surface area contributed by atoms with Gasteiger partial charge in [0, 0.05) is 18.7 Å². The van der Waals surface area contributed by atoms with Gasteiger partial charge in [0.15, 0.2) is 22.5 Å². The van der Waals surface area contributed by atoms with Crippen LogP contribution < -0.4 is 14.2 Å². The molecule has 0 radical (unpaired) electrons. The first-order chi connectivity index (χ1) is 16.6. The Bertz CT molecular complexity index is 1140. The number of carbonyl (C=O) groups excluding carboxylic acids is 1. The van der Waals surface area contributed by atoms with Crippen LogP contribution in [-0.4, -0.2) is 79.0 Å². The molecule has 4 rings (SSSR count). The highest BCUT2D eigenvalue weighted by Crippen LogP contribution is 2.41. The van der Waals surface area contributed by atoms with Gasteiger partial charge in [0.1, 0.15) is 5.82 Å². The first-order valence-corrected chi connectivity index (χ1v) is 11.5. The Morgan fingerprint density at radius 2 is 1.74 bits per heavy atom. The van der Waals surface area contributed by atoms with E-state index in [0.29, 0.717) is 60.1 Å². The van der Waals surface area contributed by atoms with Crippen molar-refractivity contribution in [3.8, 4) is 34.3 Å². The number of halogens is 1. The van der Waals surface area contributed by atoms with E-state index in [-0.39, 0.29) is 17.3 Å². The van der Waals surface area contributed by atoms with E-state index in [1.54, 1.807) is 39.8 Å². The van der Waals surface area contributed by atoms with E-state index < -0.39 is 5.82 Å². The molecule has 11 heteroatoms. The Kier molecular flexibility index (Phi) is 7.53. The normalized spacial score (nSPS) is 13.6. The van der Waals surface area contributed by atoms with Crippen LogP contribution in [0.5, 0.6) is 17.2 Å². The molecule has 34 heavy (non-hydrogen) atoms. The molecule has 0 unspecified atom stereocenters. The first kappa shape index (κ1) is 23.8. The molecule has 0 spiro atoms. The molecular formula is C23H25FN4O5S. The second-order valence-electron chi connectivity index (χ2n) is 7.29. The lowest BCUT2D eigenvalue weighted by Gasteiger charge is -2.26. The van der Waals surface area contributed by atoms with E-state index in [9.17, 15) is 9.18 Å². The highest BCUT2D eigenvalue weighted by atomic mass is 32.2. The summed E-state index contributed by atoms with van der Waals surface area (Å²) in [5.41, 5.74) is 0.842. The highest BCUT2D eigenvalue weighted by molar-refractivity contribution is 7.99. The van der Waals surface area contributed by atoms with Crippen LogP contribution in [0.3, 0.4) is 0 Å². The number of amides is 1. The first-order valence-electron chi connectivity index (χ1n) is 10.6. The minimum atomic E-state index is -0.447. The smallest absolute Gasteiger partial charge is 0.233 e. The van der Waals surface area contributed by atoms with Gasteiger partial charge in [0.05, 0.1) is 46.0 Å². The van der Waals surface area contributed by atoms with Crippen LogP contribution in [0.15, 0.2) is 41.6 Å². The fourth-order valence-corrected chi connectivity index (χ4v) is 4.49. The largest absolute Gasteiger partial charge is 0.493 e. The number of ether oxygens (including phenoxy) is 4. The molecule has 0 saturated carbocycles. The Morgan fingerprint density at radius 3 is 2.35 bits per heavy atom. The number of benzene rings is 2. The number of nitrogens with zero attached hydrogens (tertiary/aromatic N) is 4. The molecule has 1 amide bonds. The zero-order chi connectivity index (χ0) is 24.1. The fourth-order valence-electron chi connectivity index (χ4n) is 3.64. The number of para-hydroxylation sites is 1. The van der Waals surface area contributed by atoms with Gasteiger partial charge in [-0.25, -0.2) is 4.39 Å². The standard InChI is InChI=1S/C23H25FN4O5S/c1-30-18-12-15(13-19(31-2)21(18)32-3)22-25-26-23(28(22)17-7-5-4-6-16(17)24)34-14-20(29)27-8-10-33-11-9-27/h4-7,12-13H,8-11,14H2,1-3H3. The number of hydrogen-bond donors (Lipinski definition) is 0. The third-order valence-corrected chi connectivity index (χ3v) is 6.25. The summed E-state index contributed by atoms with van der Waals surface area (Å²) in [4.78, 5) is 14.4. The number of morpholine rings is 1. The van der Waals surface area contributed by atoms with Gasteiger partial charge >= 0.3 is 0 Å². The van der Waals surface area contributed by atoms with Gasteiger partial charge in [-0.2, -0.15) is 0 Å². The maximum atomic E-state index is 14.9. The molecule has 1 aliphatic heterocycles. The van der Waals surface area contributed by atoms with Crippen LogP contribution in [-0.2, 0) is 9.53 Å². The molecule has 9 nitrogen and oxygen atoms in total. The Morgan fingerprint density at radius 1 is 1.06 bits per heavy atom. The van der Waals surface area contributed by atoms with Gasteiger partial charge in [0.2, 0.25) is 11.7 Å². The molecule has 2 heterocycles. The molecule has 0 N–H and O–H groups in total.